The Morgan fingerprint density at radius 3 is 2.50 bits per heavy atom. The number of carbonyl (C=O) groups excluding carboxylic acids is 3. The van der Waals surface area contributed by atoms with Crippen LogP contribution in [0, 0.1) is 13.8 Å². The van der Waals surface area contributed by atoms with E-state index in [2.05, 4.69) is 31.3 Å². The number of hydrogen-bond acceptors (Lipinski definition) is 3. The molecule has 184 valence electrons. The zero-order chi connectivity index (χ0) is 25.4. The fourth-order valence-electron chi connectivity index (χ4n) is 5.11. The minimum absolute atomic E-state index is 0.0464. The first kappa shape index (κ1) is 23.8. The third-order valence-electron chi connectivity index (χ3n) is 7.43. The van der Waals surface area contributed by atoms with Gasteiger partial charge in [-0.2, -0.15) is 0 Å². The number of fused-ring (bicyclic) bond motifs is 2. The fraction of sp³-hybridized carbons (Fsp3) is 0.300. The van der Waals surface area contributed by atoms with Crippen LogP contribution in [0.3, 0.4) is 0 Å². The molecule has 3 aromatic rings. The SMILES string of the molecule is Cc1ccc([C@@H](C)NC(=O)c2ccc(CN3C(=O)[C@H]4CCCN4C(=O)c4ccccc43)cc2)cc1C. The van der Waals surface area contributed by atoms with Crippen LogP contribution < -0.4 is 10.2 Å². The topological polar surface area (TPSA) is 69.7 Å². The Balaban J connectivity index is 1.33. The predicted molar refractivity (Wildman–Crippen MR) is 140 cm³/mol. The lowest BCUT2D eigenvalue weighted by atomic mass is 10.0. The Bertz CT molecular complexity index is 1330. The molecule has 1 N–H and O–H groups in total. The van der Waals surface area contributed by atoms with E-state index in [1.54, 1.807) is 28.0 Å². The Morgan fingerprint density at radius 2 is 1.75 bits per heavy atom. The molecule has 6 nitrogen and oxygen atoms in total. The minimum Gasteiger partial charge on any atom is -0.346 e. The maximum atomic E-state index is 13.5. The summed E-state index contributed by atoms with van der Waals surface area (Å²) in [7, 11) is 0. The van der Waals surface area contributed by atoms with Gasteiger partial charge in [-0.25, -0.2) is 0 Å². The van der Waals surface area contributed by atoms with Crippen molar-refractivity contribution in [2.45, 2.75) is 52.2 Å². The first-order valence-corrected chi connectivity index (χ1v) is 12.5. The molecule has 3 aromatic carbocycles. The molecule has 36 heavy (non-hydrogen) atoms. The van der Waals surface area contributed by atoms with Crippen LogP contribution in [-0.2, 0) is 11.3 Å². The molecular formula is C30H31N3O3. The number of nitrogens with one attached hydrogen (secondary N) is 1. The van der Waals surface area contributed by atoms with Crippen LogP contribution >= 0.6 is 0 Å². The average Bonchev–Trinajstić information content (AvgIpc) is 3.36. The normalized spacial score (nSPS) is 17.9. The van der Waals surface area contributed by atoms with Gasteiger partial charge in [0.25, 0.3) is 11.8 Å². The smallest absolute Gasteiger partial charge is 0.256 e. The highest BCUT2D eigenvalue weighted by Gasteiger charge is 2.41. The second-order valence-electron chi connectivity index (χ2n) is 9.83. The third kappa shape index (κ3) is 4.39. The second-order valence-corrected chi connectivity index (χ2v) is 9.83. The lowest BCUT2D eigenvalue weighted by Crippen LogP contribution is -2.44. The average molecular weight is 482 g/mol. The first-order valence-electron chi connectivity index (χ1n) is 12.5. The number of rotatable bonds is 5. The summed E-state index contributed by atoms with van der Waals surface area (Å²) in [5.41, 5.74) is 6.16. The molecule has 1 saturated heterocycles. The Hall–Kier alpha value is -3.93. The summed E-state index contributed by atoms with van der Waals surface area (Å²) in [6, 6.07) is 20.4. The van der Waals surface area contributed by atoms with Crippen molar-refractivity contribution in [2.24, 2.45) is 0 Å². The van der Waals surface area contributed by atoms with Crippen molar-refractivity contribution >= 4 is 23.4 Å². The van der Waals surface area contributed by atoms with E-state index in [1.807, 2.05) is 43.3 Å². The molecular weight excluding hydrogens is 450 g/mol. The van der Waals surface area contributed by atoms with E-state index in [0.29, 0.717) is 36.3 Å². The van der Waals surface area contributed by atoms with Crippen LogP contribution in [0.5, 0.6) is 0 Å². The van der Waals surface area contributed by atoms with Crippen LogP contribution in [0.1, 0.15) is 68.8 Å². The van der Waals surface area contributed by atoms with Crippen LogP contribution in [0.4, 0.5) is 5.69 Å². The molecule has 0 bridgehead atoms. The zero-order valence-corrected chi connectivity index (χ0v) is 21.0. The van der Waals surface area contributed by atoms with Gasteiger partial charge in [-0.3, -0.25) is 14.4 Å². The number of hydrogen-bond donors (Lipinski definition) is 1. The Labute approximate surface area is 211 Å². The Morgan fingerprint density at radius 1 is 1.00 bits per heavy atom. The molecule has 2 aliphatic heterocycles. The van der Waals surface area contributed by atoms with Gasteiger partial charge < -0.3 is 15.1 Å². The van der Waals surface area contributed by atoms with Crippen LogP contribution in [0.25, 0.3) is 0 Å². The number of amides is 3. The van der Waals surface area contributed by atoms with Crippen molar-refractivity contribution in [3.63, 3.8) is 0 Å². The van der Waals surface area contributed by atoms with Crippen molar-refractivity contribution in [3.8, 4) is 0 Å². The van der Waals surface area contributed by atoms with Gasteiger partial charge in [0.1, 0.15) is 6.04 Å². The van der Waals surface area contributed by atoms with Crippen molar-refractivity contribution in [1.82, 2.24) is 10.2 Å². The quantitative estimate of drug-likeness (QED) is 0.561. The monoisotopic (exact) mass is 481 g/mol. The maximum Gasteiger partial charge on any atom is 0.256 e. The molecule has 1 fully saturated rings. The summed E-state index contributed by atoms with van der Waals surface area (Å²) >= 11 is 0. The molecule has 0 saturated carbocycles. The molecule has 2 aliphatic rings. The molecule has 0 spiro atoms. The van der Waals surface area contributed by atoms with Crippen molar-refractivity contribution < 1.29 is 14.4 Å². The van der Waals surface area contributed by atoms with Crippen LogP contribution in [0.2, 0.25) is 0 Å². The minimum atomic E-state index is -0.415. The van der Waals surface area contributed by atoms with Gasteiger partial charge in [-0.05, 0) is 80.1 Å². The first-order chi connectivity index (χ1) is 17.3. The zero-order valence-electron chi connectivity index (χ0n) is 21.0. The number of carbonyl (C=O) groups is 3. The summed E-state index contributed by atoms with van der Waals surface area (Å²) in [4.78, 5) is 42.9. The maximum absolute atomic E-state index is 13.5. The highest BCUT2D eigenvalue weighted by atomic mass is 16.2. The van der Waals surface area contributed by atoms with Gasteiger partial charge in [0, 0.05) is 12.1 Å². The van der Waals surface area contributed by atoms with Crippen LogP contribution in [-0.4, -0.2) is 35.2 Å². The van der Waals surface area contributed by atoms with Crippen molar-refractivity contribution in [1.29, 1.82) is 0 Å². The predicted octanol–water partition coefficient (Wildman–Crippen LogP) is 4.95. The van der Waals surface area contributed by atoms with Gasteiger partial charge in [-0.1, -0.05) is 42.5 Å². The number of anilines is 1. The number of benzene rings is 3. The van der Waals surface area contributed by atoms with E-state index in [0.717, 1.165) is 17.5 Å². The summed E-state index contributed by atoms with van der Waals surface area (Å²) in [6.07, 6.45) is 1.52. The van der Waals surface area contributed by atoms with E-state index in [1.165, 1.54) is 11.1 Å². The van der Waals surface area contributed by atoms with Gasteiger partial charge in [0.2, 0.25) is 5.91 Å². The Kier molecular flexibility index (Phi) is 6.35. The molecule has 5 rings (SSSR count). The molecule has 3 amide bonds. The van der Waals surface area contributed by atoms with E-state index < -0.39 is 6.04 Å². The van der Waals surface area contributed by atoms with Gasteiger partial charge >= 0.3 is 0 Å². The standard InChI is InChI=1S/C30H31N3O3/c1-19-10-13-24(17-20(19)2)21(3)31-28(34)23-14-11-22(12-15-23)18-33-26-8-5-4-7-25(26)29(35)32-16-6-9-27(32)30(33)36/h4-5,7-8,10-15,17,21,27H,6,9,16,18H2,1-3H3,(H,31,34)/t21-,27-/m1/s1. The van der Waals surface area contributed by atoms with Gasteiger partial charge in [0.15, 0.2) is 0 Å². The molecule has 0 unspecified atom stereocenters. The molecule has 0 aliphatic carbocycles. The second kappa shape index (κ2) is 9.61. The third-order valence-corrected chi connectivity index (χ3v) is 7.43. The molecule has 0 aromatic heterocycles. The number of aryl methyl sites for hydroxylation is 2. The van der Waals surface area contributed by atoms with Crippen LogP contribution in [0.15, 0.2) is 66.7 Å². The summed E-state index contributed by atoms with van der Waals surface area (Å²) in [5, 5.41) is 3.07. The van der Waals surface area contributed by atoms with E-state index in [-0.39, 0.29) is 23.8 Å². The van der Waals surface area contributed by atoms with Crippen molar-refractivity contribution in [2.75, 3.05) is 11.4 Å². The summed E-state index contributed by atoms with van der Waals surface area (Å²) < 4.78 is 0. The van der Waals surface area contributed by atoms with E-state index in [9.17, 15) is 14.4 Å². The highest BCUT2D eigenvalue weighted by Crippen LogP contribution is 2.33. The van der Waals surface area contributed by atoms with Gasteiger partial charge in [-0.15, -0.1) is 0 Å². The summed E-state index contributed by atoms with van der Waals surface area (Å²) in [5.74, 6) is -0.264. The van der Waals surface area contributed by atoms with E-state index >= 15 is 0 Å². The molecule has 2 heterocycles. The largest absolute Gasteiger partial charge is 0.346 e. The van der Waals surface area contributed by atoms with E-state index in [4.69, 9.17) is 0 Å². The molecule has 0 radical (unpaired) electrons. The molecule has 6 heteroatoms. The highest BCUT2D eigenvalue weighted by molar-refractivity contribution is 6.11. The summed E-state index contributed by atoms with van der Waals surface area (Å²) in [6.45, 7) is 7.08. The fourth-order valence-corrected chi connectivity index (χ4v) is 5.11. The van der Waals surface area contributed by atoms with Crippen molar-refractivity contribution in [3.05, 3.63) is 100 Å². The number of nitrogens with zero attached hydrogens (tertiary/aromatic N) is 2. The number of para-hydroxylation sites is 1. The molecule has 2 atom stereocenters. The lowest BCUT2D eigenvalue weighted by Gasteiger charge is -2.26. The van der Waals surface area contributed by atoms with Gasteiger partial charge in [0.05, 0.1) is 23.8 Å². The lowest BCUT2D eigenvalue weighted by molar-refractivity contribution is -0.122.